The number of likely N-dealkylation sites (N-methyl/N-ethyl adjacent to an activating group) is 1. The van der Waals surface area contributed by atoms with Crippen molar-refractivity contribution in [1.29, 1.82) is 0 Å². The smallest absolute Gasteiger partial charge is 0.275 e. The second-order valence-corrected chi connectivity index (χ2v) is 9.49. The molecule has 5 rings (SSSR count). The molecule has 0 radical (unpaired) electrons. The molecule has 0 aliphatic carbocycles. The zero-order chi connectivity index (χ0) is 23.7. The fraction of sp³-hybridized carbons (Fsp3) is 0.400. The van der Waals surface area contributed by atoms with Crippen LogP contribution >= 0.6 is 11.3 Å². The minimum absolute atomic E-state index is 0.196. The van der Waals surface area contributed by atoms with Crippen molar-refractivity contribution in [1.82, 2.24) is 19.4 Å². The number of likely N-dealkylation sites (tertiary alicyclic amines) is 1. The Morgan fingerprint density at radius 1 is 1.21 bits per heavy atom. The van der Waals surface area contributed by atoms with E-state index in [1.807, 2.05) is 6.07 Å². The topological polar surface area (TPSA) is 53.8 Å². The number of ether oxygens (including phenoxy) is 1. The van der Waals surface area contributed by atoms with Gasteiger partial charge in [-0.15, -0.1) is 11.3 Å². The summed E-state index contributed by atoms with van der Waals surface area (Å²) in [7, 11) is 0. The number of aromatic nitrogens is 2. The first-order valence-corrected chi connectivity index (χ1v) is 12.5. The maximum Gasteiger partial charge on any atom is 0.275 e. The van der Waals surface area contributed by atoms with Crippen LogP contribution in [0, 0.1) is 5.82 Å². The lowest BCUT2D eigenvalue weighted by Crippen LogP contribution is -2.25. The van der Waals surface area contributed by atoms with Gasteiger partial charge in [-0.25, -0.2) is 9.37 Å². The standard InChI is InChI=1S/C25H28FN5O2S/c1-3-22-29(4-2)11-12-30(22)23-16-20-24(34-23)25(32)31(17-27-20)18-7-8-21(19(26)15-18)33-14-13-28-9-5-6-10-28/h7-8,15-17H,1,4-6,9-14H2,2H3. The van der Waals surface area contributed by atoms with Crippen LogP contribution in [-0.4, -0.2) is 65.2 Å². The number of rotatable bonds is 7. The van der Waals surface area contributed by atoms with E-state index in [9.17, 15) is 9.18 Å². The molecule has 34 heavy (non-hydrogen) atoms. The second-order valence-electron chi connectivity index (χ2n) is 8.46. The van der Waals surface area contributed by atoms with Crippen LogP contribution in [0.2, 0.25) is 0 Å². The summed E-state index contributed by atoms with van der Waals surface area (Å²) in [6.07, 6.45) is 3.88. The van der Waals surface area contributed by atoms with E-state index in [4.69, 9.17) is 4.74 Å². The molecule has 4 heterocycles. The van der Waals surface area contributed by atoms with Crippen LogP contribution in [0.3, 0.4) is 0 Å². The number of halogens is 1. The van der Waals surface area contributed by atoms with Crippen molar-refractivity contribution in [2.45, 2.75) is 19.8 Å². The minimum Gasteiger partial charge on any atom is -0.489 e. The van der Waals surface area contributed by atoms with Gasteiger partial charge >= 0.3 is 0 Å². The quantitative estimate of drug-likeness (QED) is 0.478. The SMILES string of the molecule is C=C=C1N(CC)CCN1c1cc2ncn(-c3ccc(OCCN4CCCC4)c(F)c3)c(=O)c2s1. The zero-order valence-corrected chi connectivity index (χ0v) is 20.1. The largest absolute Gasteiger partial charge is 0.489 e. The van der Waals surface area contributed by atoms with Crippen LogP contribution in [0.1, 0.15) is 19.8 Å². The van der Waals surface area contributed by atoms with Crippen LogP contribution in [0.15, 0.2) is 53.5 Å². The van der Waals surface area contributed by atoms with Crippen LogP contribution in [0.25, 0.3) is 15.9 Å². The summed E-state index contributed by atoms with van der Waals surface area (Å²) in [5.41, 5.74) is 3.84. The van der Waals surface area contributed by atoms with Crippen molar-refractivity contribution in [2.75, 3.05) is 50.8 Å². The van der Waals surface area contributed by atoms with Crippen molar-refractivity contribution in [3.8, 4) is 11.4 Å². The number of hydrogen-bond donors (Lipinski definition) is 0. The number of hydrogen-bond acceptors (Lipinski definition) is 7. The van der Waals surface area contributed by atoms with E-state index in [0.717, 1.165) is 50.1 Å². The fourth-order valence-corrected chi connectivity index (χ4v) is 5.67. The molecule has 2 saturated heterocycles. The van der Waals surface area contributed by atoms with Crippen molar-refractivity contribution >= 4 is 26.6 Å². The third-order valence-electron chi connectivity index (χ3n) is 6.44. The van der Waals surface area contributed by atoms with Crippen molar-refractivity contribution in [3.05, 3.63) is 64.9 Å². The first-order valence-electron chi connectivity index (χ1n) is 11.7. The second kappa shape index (κ2) is 9.62. The van der Waals surface area contributed by atoms with Crippen molar-refractivity contribution in [2.24, 2.45) is 0 Å². The average Bonchev–Trinajstić information content (AvgIpc) is 3.59. The first-order chi connectivity index (χ1) is 16.6. The summed E-state index contributed by atoms with van der Waals surface area (Å²) in [4.78, 5) is 24.4. The lowest BCUT2D eigenvalue weighted by molar-refractivity contribution is 0.231. The Kier molecular flexibility index (Phi) is 6.41. The van der Waals surface area contributed by atoms with Gasteiger partial charge in [0.05, 0.1) is 16.2 Å². The number of anilines is 1. The zero-order valence-electron chi connectivity index (χ0n) is 19.3. The molecule has 178 valence electrons. The van der Waals surface area contributed by atoms with Crippen LogP contribution in [0.4, 0.5) is 9.39 Å². The Bertz CT molecular complexity index is 1310. The van der Waals surface area contributed by atoms with Crippen LogP contribution in [0.5, 0.6) is 5.75 Å². The maximum absolute atomic E-state index is 14.7. The van der Waals surface area contributed by atoms with Crippen LogP contribution in [-0.2, 0) is 0 Å². The Morgan fingerprint density at radius 3 is 2.76 bits per heavy atom. The van der Waals surface area contributed by atoms with Gasteiger partial charge in [-0.2, -0.15) is 0 Å². The lowest BCUT2D eigenvalue weighted by Gasteiger charge is -2.20. The summed E-state index contributed by atoms with van der Waals surface area (Å²) in [5.74, 6) is 0.619. The van der Waals surface area contributed by atoms with Crippen molar-refractivity contribution in [3.63, 3.8) is 0 Å². The molecule has 0 saturated carbocycles. The van der Waals surface area contributed by atoms with E-state index in [0.29, 0.717) is 22.5 Å². The molecule has 1 aromatic carbocycles. The van der Waals surface area contributed by atoms with Gasteiger partial charge in [0.15, 0.2) is 17.4 Å². The van der Waals surface area contributed by atoms with Gasteiger partial charge in [0.2, 0.25) is 0 Å². The molecular weight excluding hydrogens is 453 g/mol. The van der Waals surface area contributed by atoms with E-state index in [1.54, 1.807) is 12.1 Å². The number of nitrogens with zero attached hydrogens (tertiary/aromatic N) is 5. The van der Waals surface area contributed by atoms with Gasteiger partial charge in [-0.1, -0.05) is 12.3 Å². The average molecular weight is 482 g/mol. The predicted molar refractivity (Wildman–Crippen MR) is 134 cm³/mol. The highest BCUT2D eigenvalue weighted by atomic mass is 32.1. The molecule has 2 aliphatic heterocycles. The Hall–Kier alpha value is -3.13. The summed E-state index contributed by atoms with van der Waals surface area (Å²) >= 11 is 1.38. The molecule has 0 unspecified atom stereocenters. The van der Waals surface area contributed by atoms with E-state index in [-0.39, 0.29) is 11.3 Å². The Labute approximate surface area is 202 Å². The van der Waals surface area contributed by atoms with Crippen molar-refractivity contribution < 1.29 is 9.13 Å². The van der Waals surface area contributed by atoms with Gasteiger partial charge in [0.1, 0.15) is 17.6 Å². The molecule has 0 amide bonds. The van der Waals surface area contributed by atoms with E-state index < -0.39 is 5.82 Å². The van der Waals surface area contributed by atoms with Gasteiger partial charge in [-0.3, -0.25) is 14.3 Å². The predicted octanol–water partition coefficient (Wildman–Crippen LogP) is 3.83. The molecule has 2 aliphatic rings. The summed E-state index contributed by atoms with van der Waals surface area (Å²) in [6, 6.07) is 6.51. The van der Waals surface area contributed by atoms with Crippen LogP contribution < -0.4 is 15.2 Å². The molecule has 0 N–H and O–H groups in total. The normalized spacial score (nSPS) is 16.6. The minimum atomic E-state index is -0.490. The number of benzene rings is 1. The van der Waals surface area contributed by atoms with Gasteiger partial charge in [-0.05, 0) is 51.1 Å². The summed E-state index contributed by atoms with van der Waals surface area (Å²) in [6.45, 7) is 11.9. The van der Waals surface area contributed by atoms with Gasteiger partial charge in [0, 0.05) is 32.2 Å². The van der Waals surface area contributed by atoms with E-state index in [1.165, 1.54) is 41.1 Å². The number of fused-ring (bicyclic) bond motifs is 1. The molecule has 2 aromatic heterocycles. The van der Waals surface area contributed by atoms with E-state index >= 15 is 0 Å². The third-order valence-corrected chi connectivity index (χ3v) is 7.57. The molecule has 0 bridgehead atoms. The fourth-order valence-electron chi connectivity index (χ4n) is 4.60. The Morgan fingerprint density at radius 2 is 2.03 bits per heavy atom. The highest BCUT2D eigenvalue weighted by Crippen LogP contribution is 2.34. The maximum atomic E-state index is 14.7. The molecule has 9 heteroatoms. The molecule has 0 spiro atoms. The molecular formula is C25H28FN5O2S. The first kappa shape index (κ1) is 22.7. The summed E-state index contributed by atoms with van der Waals surface area (Å²) in [5, 5.41) is 0.924. The monoisotopic (exact) mass is 481 g/mol. The number of thiophene rings is 1. The molecule has 7 nitrogen and oxygen atoms in total. The molecule has 0 atom stereocenters. The highest BCUT2D eigenvalue weighted by Gasteiger charge is 2.26. The van der Waals surface area contributed by atoms with E-state index in [2.05, 4.69) is 38.9 Å². The molecule has 2 fully saturated rings. The molecule has 3 aromatic rings. The lowest BCUT2D eigenvalue weighted by atomic mass is 10.3. The van der Waals surface area contributed by atoms with Gasteiger partial charge < -0.3 is 14.5 Å². The Balaban J connectivity index is 1.37. The van der Waals surface area contributed by atoms with Gasteiger partial charge in [0.25, 0.3) is 5.56 Å². The summed E-state index contributed by atoms with van der Waals surface area (Å²) < 4.78 is 22.3. The highest BCUT2D eigenvalue weighted by molar-refractivity contribution is 7.22. The third kappa shape index (κ3) is 4.22.